The average molecular weight is 319 g/mol. The van der Waals surface area contributed by atoms with Crippen LogP contribution in [-0.2, 0) is 4.79 Å². The van der Waals surface area contributed by atoms with Gasteiger partial charge in [-0.25, -0.2) is 4.39 Å². The van der Waals surface area contributed by atoms with E-state index in [0.717, 1.165) is 5.56 Å². The summed E-state index contributed by atoms with van der Waals surface area (Å²) in [5.41, 5.74) is 8.58. The van der Waals surface area contributed by atoms with Crippen molar-refractivity contribution in [3.05, 3.63) is 62.2 Å². The molecule has 0 saturated carbocycles. The fourth-order valence-electron chi connectivity index (χ4n) is 1.95. The molecule has 0 atom stereocenters. The van der Waals surface area contributed by atoms with Gasteiger partial charge in [0.1, 0.15) is 5.83 Å². The molecule has 1 heterocycles. The van der Waals surface area contributed by atoms with Gasteiger partial charge in [-0.1, -0.05) is 18.2 Å². The van der Waals surface area contributed by atoms with E-state index in [2.05, 4.69) is 20.8 Å². The van der Waals surface area contributed by atoms with Gasteiger partial charge in [0.05, 0.1) is 0 Å². The van der Waals surface area contributed by atoms with Gasteiger partial charge in [-0.3, -0.25) is 4.79 Å². The fraction of sp³-hybridized carbons (Fsp3) is 0.278. The summed E-state index contributed by atoms with van der Waals surface area (Å²) in [5, 5.41) is 0. The van der Waals surface area contributed by atoms with Gasteiger partial charge in [-0.2, -0.15) is 0 Å². The second-order valence-electron chi connectivity index (χ2n) is 5.24. The molecule has 0 saturated heterocycles. The molecular formula is C18H22FNOS. The molecule has 0 spiro atoms. The molecule has 22 heavy (non-hydrogen) atoms. The van der Waals surface area contributed by atoms with Crippen LogP contribution in [0.1, 0.15) is 34.7 Å². The SMILES string of the molecule is CC(/C=C/c1c(C)sc(C)c1C)=C(F)\C=C\C(C)=C\C(N)=O. The van der Waals surface area contributed by atoms with Crippen LogP contribution in [0.5, 0.6) is 0 Å². The first-order valence-corrected chi connectivity index (χ1v) is 7.81. The van der Waals surface area contributed by atoms with E-state index in [-0.39, 0.29) is 5.83 Å². The van der Waals surface area contributed by atoms with Crippen LogP contribution in [-0.4, -0.2) is 5.91 Å². The molecule has 0 aliphatic carbocycles. The predicted molar refractivity (Wildman–Crippen MR) is 93.5 cm³/mol. The highest BCUT2D eigenvalue weighted by Crippen LogP contribution is 2.28. The molecule has 1 aromatic rings. The molecule has 0 aliphatic heterocycles. The highest BCUT2D eigenvalue weighted by atomic mass is 32.1. The molecule has 0 unspecified atom stereocenters. The maximum atomic E-state index is 14.0. The first kappa shape index (κ1) is 18.1. The minimum Gasteiger partial charge on any atom is -0.366 e. The number of thiophene rings is 1. The van der Waals surface area contributed by atoms with Crippen LogP contribution in [0.2, 0.25) is 0 Å². The van der Waals surface area contributed by atoms with Gasteiger partial charge in [-0.15, -0.1) is 11.3 Å². The Bertz CT molecular complexity index is 690. The lowest BCUT2D eigenvalue weighted by Crippen LogP contribution is -2.06. The van der Waals surface area contributed by atoms with Crippen molar-refractivity contribution in [1.29, 1.82) is 0 Å². The van der Waals surface area contributed by atoms with Gasteiger partial charge in [0.2, 0.25) is 5.91 Å². The summed E-state index contributed by atoms with van der Waals surface area (Å²) in [5.74, 6) is -0.877. The average Bonchev–Trinajstić information content (AvgIpc) is 2.66. The van der Waals surface area contributed by atoms with Gasteiger partial charge in [0.15, 0.2) is 0 Å². The monoisotopic (exact) mass is 319 g/mol. The molecule has 4 heteroatoms. The maximum Gasteiger partial charge on any atom is 0.241 e. The Morgan fingerprint density at radius 3 is 2.23 bits per heavy atom. The molecule has 0 aliphatic rings. The van der Waals surface area contributed by atoms with Crippen molar-refractivity contribution < 1.29 is 9.18 Å². The number of hydrogen-bond acceptors (Lipinski definition) is 2. The van der Waals surface area contributed by atoms with Gasteiger partial charge in [-0.05, 0) is 63.0 Å². The zero-order chi connectivity index (χ0) is 16.9. The fourth-order valence-corrected chi connectivity index (χ4v) is 3.01. The van der Waals surface area contributed by atoms with Crippen molar-refractivity contribution in [2.24, 2.45) is 5.73 Å². The number of carbonyl (C=O) groups is 1. The maximum absolute atomic E-state index is 14.0. The topological polar surface area (TPSA) is 43.1 Å². The van der Waals surface area contributed by atoms with Crippen molar-refractivity contribution >= 4 is 23.3 Å². The standard InChI is InChI=1S/C18H22FNOS/c1-11(10-18(20)21)6-9-17(19)12(2)7-8-16-13(3)14(4)22-15(16)5/h6-10H,1-5H3,(H2,20,21)/b8-7+,9-6+,11-10+,17-12-. The zero-order valence-electron chi connectivity index (χ0n) is 13.7. The summed E-state index contributed by atoms with van der Waals surface area (Å²) in [7, 11) is 0. The van der Waals surface area contributed by atoms with E-state index in [9.17, 15) is 9.18 Å². The lowest BCUT2D eigenvalue weighted by atomic mass is 10.1. The molecule has 0 fully saturated rings. The smallest absolute Gasteiger partial charge is 0.241 e. The zero-order valence-corrected chi connectivity index (χ0v) is 14.5. The lowest BCUT2D eigenvalue weighted by molar-refractivity contribution is -0.113. The Kier molecular flexibility index (Phi) is 6.50. The van der Waals surface area contributed by atoms with E-state index in [1.165, 1.54) is 33.5 Å². The number of aryl methyl sites for hydroxylation is 2. The largest absolute Gasteiger partial charge is 0.366 e. The molecule has 0 aromatic carbocycles. The minimum atomic E-state index is -0.540. The molecule has 2 N–H and O–H groups in total. The van der Waals surface area contributed by atoms with Crippen molar-refractivity contribution in [2.45, 2.75) is 34.6 Å². The summed E-state index contributed by atoms with van der Waals surface area (Å²) < 4.78 is 14.0. The molecule has 0 bridgehead atoms. The Hall–Kier alpha value is -1.94. The van der Waals surface area contributed by atoms with Crippen molar-refractivity contribution in [1.82, 2.24) is 0 Å². The molecule has 1 rings (SSSR count). The van der Waals surface area contributed by atoms with E-state index in [0.29, 0.717) is 11.1 Å². The summed E-state index contributed by atoms with van der Waals surface area (Å²) in [4.78, 5) is 13.2. The molecule has 1 aromatic heterocycles. The number of rotatable bonds is 5. The van der Waals surface area contributed by atoms with Crippen LogP contribution in [0.15, 0.2) is 41.3 Å². The summed E-state index contributed by atoms with van der Waals surface area (Å²) >= 11 is 1.75. The number of halogens is 1. The van der Waals surface area contributed by atoms with E-state index < -0.39 is 5.91 Å². The van der Waals surface area contributed by atoms with E-state index in [1.807, 2.05) is 6.08 Å². The Labute approximate surface area is 135 Å². The van der Waals surface area contributed by atoms with Crippen LogP contribution in [0.4, 0.5) is 4.39 Å². The normalized spacial score (nSPS) is 14.0. The first-order chi connectivity index (χ1) is 10.2. The van der Waals surface area contributed by atoms with E-state index in [4.69, 9.17) is 5.73 Å². The third-order valence-electron chi connectivity index (χ3n) is 3.36. The van der Waals surface area contributed by atoms with Crippen LogP contribution >= 0.6 is 11.3 Å². The highest BCUT2D eigenvalue weighted by molar-refractivity contribution is 7.12. The van der Waals surface area contributed by atoms with Crippen LogP contribution in [0, 0.1) is 20.8 Å². The molecule has 118 valence electrons. The Morgan fingerprint density at radius 1 is 1.09 bits per heavy atom. The number of allylic oxidation sites excluding steroid dienone is 6. The van der Waals surface area contributed by atoms with E-state index >= 15 is 0 Å². The number of amides is 1. The van der Waals surface area contributed by atoms with Crippen LogP contribution in [0.25, 0.3) is 6.08 Å². The molecular weight excluding hydrogens is 297 g/mol. The van der Waals surface area contributed by atoms with Crippen molar-refractivity contribution in [3.8, 4) is 0 Å². The molecule has 2 nitrogen and oxygen atoms in total. The van der Waals surface area contributed by atoms with Gasteiger partial charge >= 0.3 is 0 Å². The highest BCUT2D eigenvalue weighted by Gasteiger charge is 2.06. The van der Waals surface area contributed by atoms with Crippen molar-refractivity contribution in [3.63, 3.8) is 0 Å². The van der Waals surface area contributed by atoms with Crippen LogP contribution < -0.4 is 5.73 Å². The number of primary amides is 1. The number of hydrogen-bond donors (Lipinski definition) is 1. The Morgan fingerprint density at radius 2 is 1.73 bits per heavy atom. The van der Waals surface area contributed by atoms with Crippen molar-refractivity contribution in [2.75, 3.05) is 0 Å². The quantitative estimate of drug-likeness (QED) is 0.607. The number of carbonyl (C=O) groups excluding carboxylic acids is 1. The third kappa shape index (κ3) is 5.11. The van der Waals surface area contributed by atoms with E-state index in [1.54, 1.807) is 31.3 Å². The van der Waals surface area contributed by atoms with Gasteiger partial charge < -0.3 is 5.73 Å². The molecule has 0 radical (unpaired) electrons. The second kappa shape index (κ2) is 7.90. The predicted octanol–water partition coefficient (Wildman–Crippen LogP) is 4.92. The third-order valence-corrected chi connectivity index (χ3v) is 4.50. The summed E-state index contributed by atoms with van der Waals surface area (Å²) in [6, 6.07) is 0. The summed E-state index contributed by atoms with van der Waals surface area (Å²) in [6.07, 6.45) is 7.85. The minimum absolute atomic E-state index is 0.337. The van der Waals surface area contributed by atoms with Gasteiger partial charge in [0, 0.05) is 15.8 Å². The summed E-state index contributed by atoms with van der Waals surface area (Å²) in [6.45, 7) is 9.64. The first-order valence-electron chi connectivity index (χ1n) is 6.99. The Balaban J connectivity index is 2.94. The molecule has 1 amide bonds. The number of nitrogens with two attached hydrogens (primary N) is 1. The second-order valence-corrected chi connectivity index (χ2v) is 6.67. The lowest BCUT2D eigenvalue weighted by Gasteiger charge is -1.97. The van der Waals surface area contributed by atoms with Gasteiger partial charge in [0.25, 0.3) is 0 Å². The van der Waals surface area contributed by atoms with Crippen LogP contribution in [0.3, 0.4) is 0 Å².